The SMILES string of the molecule is CC(=O)c1cccc(NC(=O)C2CCC(C(=O)Nc3cccc(C)c3C)CC2)c1. The van der Waals surface area contributed by atoms with Gasteiger partial charge < -0.3 is 10.6 Å². The number of hydrogen-bond donors (Lipinski definition) is 2. The van der Waals surface area contributed by atoms with Crippen molar-refractivity contribution in [3.63, 3.8) is 0 Å². The highest BCUT2D eigenvalue weighted by atomic mass is 16.2. The number of anilines is 2. The molecule has 0 aliphatic heterocycles. The van der Waals surface area contributed by atoms with Crippen LogP contribution in [0, 0.1) is 25.7 Å². The predicted octanol–water partition coefficient (Wildman–Crippen LogP) is 4.89. The number of hydrogen-bond acceptors (Lipinski definition) is 3. The van der Waals surface area contributed by atoms with Gasteiger partial charge in [-0.3, -0.25) is 14.4 Å². The van der Waals surface area contributed by atoms with Crippen LogP contribution < -0.4 is 10.6 Å². The molecule has 2 N–H and O–H groups in total. The molecule has 2 aromatic carbocycles. The average Bonchev–Trinajstić information content (AvgIpc) is 2.71. The number of carbonyl (C=O) groups is 3. The minimum absolute atomic E-state index is 0.0310. The van der Waals surface area contributed by atoms with Crippen molar-refractivity contribution in [2.75, 3.05) is 10.6 Å². The van der Waals surface area contributed by atoms with Crippen molar-refractivity contribution in [2.24, 2.45) is 11.8 Å². The maximum absolute atomic E-state index is 12.7. The molecule has 0 spiro atoms. The summed E-state index contributed by atoms with van der Waals surface area (Å²) >= 11 is 0. The van der Waals surface area contributed by atoms with E-state index in [4.69, 9.17) is 0 Å². The molecule has 5 heteroatoms. The van der Waals surface area contributed by atoms with E-state index < -0.39 is 0 Å². The van der Waals surface area contributed by atoms with Gasteiger partial charge in [0.2, 0.25) is 11.8 Å². The smallest absolute Gasteiger partial charge is 0.227 e. The summed E-state index contributed by atoms with van der Waals surface area (Å²) in [6.07, 6.45) is 2.76. The Morgan fingerprint density at radius 3 is 2.03 bits per heavy atom. The molecule has 1 aliphatic carbocycles. The van der Waals surface area contributed by atoms with Crippen LogP contribution in [-0.4, -0.2) is 17.6 Å². The minimum atomic E-state index is -0.110. The molecule has 0 atom stereocenters. The van der Waals surface area contributed by atoms with Gasteiger partial charge in [0.25, 0.3) is 0 Å². The minimum Gasteiger partial charge on any atom is -0.326 e. The van der Waals surface area contributed by atoms with Crippen LogP contribution in [0.1, 0.15) is 54.1 Å². The Kier molecular flexibility index (Phi) is 6.47. The lowest BCUT2D eigenvalue weighted by Gasteiger charge is -2.27. The fourth-order valence-corrected chi connectivity index (χ4v) is 3.80. The van der Waals surface area contributed by atoms with Crippen molar-refractivity contribution in [1.29, 1.82) is 0 Å². The van der Waals surface area contributed by atoms with Gasteiger partial charge in [-0.1, -0.05) is 24.3 Å². The summed E-state index contributed by atoms with van der Waals surface area (Å²) < 4.78 is 0. The van der Waals surface area contributed by atoms with Gasteiger partial charge in [-0.25, -0.2) is 0 Å². The maximum Gasteiger partial charge on any atom is 0.227 e. The second kappa shape index (κ2) is 9.03. The van der Waals surface area contributed by atoms with Crippen LogP contribution in [-0.2, 0) is 9.59 Å². The summed E-state index contributed by atoms with van der Waals surface area (Å²) in [5.74, 6) is -0.219. The van der Waals surface area contributed by atoms with Gasteiger partial charge in [0.05, 0.1) is 0 Å². The Morgan fingerprint density at radius 2 is 1.41 bits per heavy atom. The molecule has 0 unspecified atom stereocenters. The normalized spacial score (nSPS) is 18.7. The van der Waals surface area contributed by atoms with E-state index in [1.54, 1.807) is 24.3 Å². The van der Waals surface area contributed by atoms with E-state index >= 15 is 0 Å². The molecular weight excluding hydrogens is 364 g/mol. The lowest BCUT2D eigenvalue weighted by Crippen LogP contribution is -2.32. The summed E-state index contributed by atoms with van der Waals surface area (Å²) in [7, 11) is 0. The molecule has 1 fully saturated rings. The Balaban J connectivity index is 1.54. The monoisotopic (exact) mass is 392 g/mol. The predicted molar refractivity (Wildman–Crippen MR) is 115 cm³/mol. The first-order valence-electron chi connectivity index (χ1n) is 10.1. The quantitative estimate of drug-likeness (QED) is 0.712. The van der Waals surface area contributed by atoms with Crippen LogP contribution in [0.25, 0.3) is 0 Å². The van der Waals surface area contributed by atoms with Gasteiger partial charge in [0, 0.05) is 28.8 Å². The maximum atomic E-state index is 12.7. The Bertz CT molecular complexity index is 927. The lowest BCUT2D eigenvalue weighted by atomic mass is 9.81. The molecule has 0 bridgehead atoms. The number of nitrogens with one attached hydrogen (secondary N) is 2. The first-order valence-corrected chi connectivity index (χ1v) is 10.1. The van der Waals surface area contributed by atoms with Crippen molar-refractivity contribution < 1.29 is 14.4 Å². The van der Waals surface area contributed by atoms with Crippen LogP contribution in [0.3, 0.4) is 0 Å². The largest absolute Gasteiger partial charge is 0.326 e. The zero-order chi connectivity index (χ0) is 21.0. The van der Waals surface area contributed by atoms with Crippen molar-refractivity contribution in [2.45, 2.75) is 46.5 Å². The Hall–Kier alpha value is -2.95. The molecule has 3 rings (SSSR count). The summed E-state index contributed by atoms with van der Waals surface area (Å²) in [5, 5.41) is 5.96. The van der Waals surface area contributed by atoms with E-state index in [2.05, 4.69) is 10.6 Å². The molecule has 0 heterocycles. The molecular formula is C24H28N2O3. The Labute approximate surface area is 171 Å². The van der Waals surface area contributed by atoms with Crippen LogP contribution in [0.4, 0.5) is 11.4 Å². The third kappa shape index (κ3) is 5.11. The third-order valence-electron chi connectivity index (χ3n) is 5.87. The standard InChI is InChI=1S/C24H28N2O3/c1-15-6-4-9-22(16(15)2)26-24(29)19-12-10-18(11-13-19)23(28)25-21-8-5-7-20(14-21)17(3)27/h4-9,14,18-19H,10-13H2,1-3H3,(H,25,28)(H,26,29). The number of rotatable bonds is 5. The first-order chi connectivity index (χ1) is 13.8. The number of benzene rings is 2. The second-order valence-corrected chi connectivity index (χ2v) is 7.91. The van der Waals surface area contributed by atoms with Crippen molar-refractivity contribution in [3.8, 4) is 0 Å². The molecule has 1 aliphatic rings. The van der Waals surface area contributed by atoms with Crippen LogP contribution in [0.2, 0.25) is 0 Å². The first kappa shape index (κ1) is 20.8. The van der Waals surface area contributed by atoms with E-state index in [1.165, 1.54) is 6.92 Å². The second-order valence-electron chi connectivity index (χ2n) is 7.91. The van der Waals surface area contributed by atoms with Gasteiger partial charge in [-0.05, 0) is 75.8 Å². The van der Waals surface area contributed by atoms with E-state index in [1.807, 2.05) is 32.0 Å². The topological polar surface area (TPSA) is 75.3 Å². The number of ketones is 1. The molecule has 2 amide bonds. The molecule has 0 aromatic heterocycles. The van der Waals surface area contributed by atoms with Crippen molar-refractivity contribution >= 4 is 29.0 Å². The van der Waals surface area contributed by atoms with E-state index in [9.17, 15) is 14.4 Å². The number of carbonyl (C=O) groups excluding carboxylic acids is 3. The molecule has 29 heavy (non-hydrogen) atoms. The number of Topliss-reactive ketones (excluding diaryl/α,β-unsaturated/α-hetero) is 1. The van der Waals surface area contributed by atoms with E-state index in [-0.39, 0.29) is 29.4 Å². The molecule has 1 saturated carbocycles. The zero-order valence-electron chi connectivity index (χ0n) is 17.2. The average molecular weight is 392 g/mol. The van der Waals surface area contributed by atoms with Crippen LogP contribution in [0.15, 0.2) is 42.5 Å². The van der Waals surface area contributed by atoms with Gasteiger partial charge in [0.1, 0.15) is 0 Å². The highest BCUT2D eigenvalue weighted by Crippen LogP contribution is 2.31. The fraction of sp³-hybridized carbons (Fsp3) is 0.375. The molecule has 0 radical (unpaired) electrons. The highest BCUT2D eigenvalue weighted by molar-refractivity contribution is 5.98. The van der Waals surface area contributed by atoms with Gasteiger partial charge >= 0.3 is 0 Å². The number of aryl methyl sites for hydroxylation is 1. The Morgan fingerprint density at radius 1 is 0.828 bits per heavy atom. The lowest BCUT2D eigenvalue weighted by molar-refractivity contribution is -0.125. The summed E-state index contributed by atoms with van der Waals surface area (Å²) in [4.78, 5) is 36.8. The van der Waals surface area contributed by atoms with Crippen molar-refractivity contribution in [3.05, 3.63) is 59.2 Å². The zero-order valence-corrected chi connectivity index (χ0v) is 17.2. The molecule has 5 nitrogen and oxygen atoms in total. The van der Waals surface area contributed by atoms with Gasteiger partial charge in [-0.2, -0.15) is 0 Å². The van der Waals surface area contributed by atoms with Crippen LogP contribution >= 0.6 is 0 Å². The van der Waals surface area contributed by atoms with E-state index in [0.717, 1.165) is 16.8 Å². The van der Waals surface area contributed by atoms with Crippen LogP contribution in [0.5, 0.6) is 0 Å². The molecule has 152 valence electrons. The van der Waals surface area contributed by atoms with Gasteiger partial charge in [0.15, 0.2) is 5.78 Å². The molecule has 0 saturated heterocycles. The summed E-state index contributed by atoms with van der Waals surface area (Å²) in [5.41, 5.74) is 4.31. The molecule has 2 aromatic rings. The summed E-state index contributed by atoms with van der Waals surface area (Å²) in [6, 6.07) is 12.9. The summed E-state index contributed by atoms with van der Waals surface area (Å²) in [6.45, 7) is 5.54. The fourth-order valence-electron chi connectivity index (χ4n) is 3.80. The van der Waals surface area contributed by atoms with Crippen molar-refractivity contribution in [1.82, 2.24) is 0 Å². The third-order valence-corrected chi connectivity index (χ3v) is 5.87. The highest BCUT2D eigenvalue weighted by Gasteiger charge is 2.30. The number of amides is 2. The van der Waals surface area contributed by atoms with E-state index in [0.29, 0.717) is 36.9 Å². The van der Waals surface area contributed by atoms with Gasteiger partial charge in [-0.15, -0.1) is 0 Å².